The summed E-state index contributed by atoms with van der Waals surface area (Å²) >= 11 is 0. The largest absolute Gasteiger partial charge is 0.418 e. The molecule has 3 saturated heterocycles. The first-order chi connectivity index (χ1) is 12.3. The van der Waals surface area contributed by atoms with Crippen LogP contribution in [-0.2, 0) is 24.3 Å². The number of hydrogen-bond acceptors (Lipinski definition) is 8. The molecule has 3 aliphatic heterocycles. The molecule has 0 radical (unpaired) electrons. The van der Waals surface area contributed by atoms with Crippen LogP contribution in [0.3, 0.4) is 0 Å². The van der Waals surface area contributed by atoms with Gasteiger partial charge in [0.1, 0.15) is 12.1 Å². The van der Waals surface area contributed by atoms with E-state index in [0.717, 1.165) is 11.4 Å². The SMILES string of the molecule is O=C(NNC(=O)C1CC[C@@H]2CN1C(=O)N2OS(=O)(=O)O)C1CNCCN1. The summed E-state index contributed by atoms with van der Waals surface area (Å²) in [4.78, 5) is 37.7. The maximum Gasteiger partial charge on any atom is 0.418 e. The van der Waals surface area contributed by atoms with E-state index in [4.69, 9.17) is 4.55 Å². The average molecular weight is 392 g/mol. The summed E-state index contributed by atoms with van der Waals surface area (Å²) in [7, 11) is -4.84. The Balaban J connectivity index is 1.56. The normalized spacial score (nSPS) is 28.8. The predicted molar refractivity (Wildman–Crippen MR) is 84.3 cm³/mol. The molecule has 26 heavy (non-hydrogen) atoms. The highest BCUT2D eigenvalue weighted by atomic mass is 32.3. The molecule has 146 valence electrons. The summed E-state index contributed by atoms with van der Waals surface area (Å²) in [6.07, 6.45) is 0.560. The van der Waals surface area contributed by atoms with Gasteiger partial charge in [-0.2, -0.15) is 13.5 Å². The zero-order chi connectivity index (χ0) is 18.9. The van der Waals surface area contributed by atoms with E-state index in [0.29, 0.717) is 24.6 Å². The Morgan fingerprint density at radius 2 is 1.92 bits per heavy atom. The lowest BCUT2D eigenvalue weighted by Crippen LogP contribution is -2.60. The van der Waals surface area contributed by atoms with Gasteiger partial charge in [0.05, 0.1) is 6.04 Å². The van der Waals surface area contributed by atoms with Gasteiger partial charge < -0.3 is 15.5 Å². The van der Waals surface area contributed by atoms with Gasteiger partial charge in [-0.25, -0.2) is 4.79 Å². The van der Waals surface area contributed by atoms with Crippen LogP contribution >= 0.6 is 0 Å². The first-order valence-corrected chi connectivity index (χ1v) is 9.43. The number of carbonyl (C=O) groups is 3. The van der Waals surface area contributed by atoms with Gasteiger partial charge in [-0.3, -0.25) is 25.0 Å². The van der Waals surface area contributed by atoms with Crippen molar-refractivity contribution in [3.63, 3.8) is 0 Å². The molecule has 5 N–H and O–H groups in total. The molecule has 13 nitrogen and oxygen atoms in total. The lowest BCUT2D eigenvalue weighted by molar-refractivity contribution is -0.132. The molecule has 3 aliphatic rings. The summed E-state index contributed by atoms with van der Waals surface area (Å²) in [6, 6.07) is -2.78. The van der Waals surface area contributed by atoms with Crippen LogP contribution in [0.5, 0.6) is 0 Å². The third-order valence-electron chi connectivity index (χ3n) is 4.47. The second kappa shape index (κ2) is 7.32. The third-order valence-corrected chi connectivity index (χ3v) is 4.82. The second-order valence-corrected chi connectivity index (χ2v) is 7.20. The van der Waals surface area contributed by atoms with E-state index in [-0.39, 0.29) is 13.0 Å². The fourth-order valence-electron chi connectivity index (χ4n) is 3.24. The lowest BCUT2D eigenvalue weighted by Gasteiger charge is -2.29. The smallest absolute Gasteiger partial charge is 0.313 e. The Morgan fingerprint density at radius 1 is 1.19 bits per heavy atom. The molecule has 0 aromatic heterocycles. The molecule has 0 aliphatic carbocycles. The number of hydrazine groups is 1. The number of nitrogens with zero attached hydrogens (tertiary/aromatic N) is 2. The minimum Gasteiger partial charge on any atom is -0.313 e. The fraction of sp³-hybridized carbons (Fsp3) is 0.750. The first kappa shape index (κ1) is 18.8. The van der Waals surface area contributed by atoms with Crippen LogP contribution in [0.2, 0.25) is 0 Å². The van der Waals surface area contributed by atoms with Gasteiger partial charge in [-0.1, -0.05) is 0 Å². The van der Waals surface area contributed by atoms with Crippen molar-refractivity contribution < 1.29 is 31.6 Å². The minimum atomic E-state index is -4.84. The molecule has 14 heteroatoms. The van der Waals surface area contributed by atoms with E-state index >= 15 is 0 Å². The van der Waals surface area contributed by atoms with Gasteiger partial charge in [0.2, 0.25) is 0 Å². The van der Waals surface area contributed by atoms with E-state index in [1.807, 2.05) is 0 Å². The first-order valence-electron chi connectivity index (χ1n) is 8.07. The van der Waals surface area contributed by atoms with Crippen molar-refractivity contribution in [2.75, 3.05) is 26.2 Å². The summed E-state index contributed by atoms with van der Waals surface area (Å²) in [5, 5.41) is 6.58. The topological polar surface area (TPSA) is 169 Å². The molecule has 0 aromatic rings. The van der Waals surface area contributed by atoms with Gasteiger partial charge >= 0.3 is 16.4 Å². The number of amides is 4. The highest BCUT2D eigenvalue weighted by Gasteiger charge is 2.49. The van der Waals surface area contributed by atoms with E-state index in [1.54, 1.807) is 0 Å². The van der Waals surface area contributed by atoms with Gasteiger partial charge in [0, 0.05) is 26.2 Å². The summed E-state index contributed by atoms with van der Waals surface area (Å²) in [5.41, 5.74) is 4.60. The van der Waals surface area contributed by atoms with Crippen LogP contribution in [-0.4, -0.2) is 85.1 Å². The van der Waals surface area contributed by atoms with E-state index in [1.165, 1.54) is 0 Å². The number of hydroxylamine groups is 2. The Morgan fingerprint density at radius 3 is 2.58 bits per heavy atom. The van der Waals surface area contributed by atoms with Crippen molar-refractivity contribution in [2.45, 2.75) is 31.0 Å². The molecular formula is C12H20N6O7S. The Hall–Kier alpha value is -2.00. The maximum atomic E-state index is 12.3. The van der Waals surface area contributed by atoms with Crippen molar-refractivity contribution in [3.8, 4) is 0 Å². The standard InChI is InChI=1S/C12H20N6O7S/c19-10(8-5-13-3-4-14-8)15-16-11(20)9-2-1-7-6-17(9)12(21)18(7)25-26(22,23)24/h7-9,13-14H,1-6H2,(H,15,19)(H,16,20)(H,22,23,24)/t7-,8?,9?/m1/s1. The van der Waals surface area contributed by atoms with E-state index in [2.05, 4.69) is 25.8 Å². The number of fused-ring (bicyclic) bond motifs is 2. The van der Waals surface area contributed by atoms with Crippen LogP contribution in [0, 0.1) is 0 Å². The third kappa shape index (κ3) is 4.04. The van der Waals surface area contributed by atoms with E-state index in [9.17, 15) is 22.8 Å². The van der Waals surface area contributed by atoms with Crippen LogP contribution in [0.1, 0.15) is 12.8 Å². The van der Waals surface area contributed by atoms with Crippen molar-refractivity contribution in [1.82, 2.24) is 31.4 Å². The number of nitrogens with one attached hydrogen (secondary N) is 4. The second-order valence-electron chi connectivity index (χ2n) is 6.20. The highest BCUT2D eigenvalue weighted by molar-refractivity contribution is 7.80. The highest BCUT2D eigenvalue weighted by Crippen LogP contribution is 2.30. The van der Waals surface area contributed by atoms with Crippen molar-refractivity contribution in [2.24, 2.45) is 0 Å². The van der Waals surface area contributed by atoms with Crippen molar-refractivity contribution in [3.05, 3.63) is 0 Å². The van der Waals surface area contributed by atoms with Crippen molar-refractivity contribution in [1.29, 1.82) is 0 Å². The Bertz CT molecular complexity index is 694. The van der Waals surface area contributed by atoms with Gasteiger partial charge in [0.15, 0.2) is 0 Å². The molecule has 2 bridgehead atoms. The van der Waals surface area contributed by atoms with Crippen molar-refractivity contribution >= 4 is 28.2 Å². The number of carbonyl (C=O) groups excluding carboxylic acids is 3. The molecule has 4 amide bonds. The molecule has 0 spiro atoms. The molecule has 3 heterocycles. The van der Waals surface area contributed by atoms with Crippen LogP contribution in [0.4, 0.5) is 4.79 Å². The number of urea groups is 1. The van der Waals surface area contributed by atoms with Gasteiger partial charge in [-0.05, 0) is 12.8 Å². The molecule has 0 aromatic carbocycles. The van der Waals surface area contributed by atoms with E-state index < -0.39 is 46.4 Å². The Kier molecular flexibility index (Phi) is 5.29. The summed E-state index contributed by atoms with van der Waals surface area (Å²) in [5.74, 6) is -1.01. The molecule has 2 unspecified atom stereocenters. The number of piperazine rings is 1. The molecule has 3 atom stereocenters. The predicted octanol–water partition coefficient (Wildman–Crippen LogP) is -3.30. The molecule has 3 fully saturated rings. The summed E-state index contributed by atoms with van der Waals surface area (Å²) in [6.45, 7) is 1.88. The minimum absolute atomic E-state index is 0.0779. The molecule has 0 saturated carbocycles. The van der Waals surface area contributed by atoms with Gasteiger partial charge in [0.25, 0.3) is 11.8 Å². The number of rotatable bonds is 4. The molecule has 3 rings (SSSR count). The zero-order valence-corrected chi connectivity index (χ0v) is 14.5. The monoisotopic (exact) mass is 392 g/mol. The fourth-order valence-corrected chi connectivity index (χ4v) is 3.62. The lowest BCUT2D eigenvalue weighted by atomic mass is 10.0. The Labute approximate surface area is 149 Å². The number of hydrogen-bond donors (Lipinski definition) is 5. The summed E-state index contributed by atoms with van der Waals surface area (Å²) < 4.78 is 34.7. The molecular weight excluding hydrogens is 372 g/mol. The maximum absolute atomic E-state index is 12.3. The van der Waals surface area contributed by atoms with Crippen LogP contribution < -0.4 is 21.5 Å². The average Bonchev–Trinajstić information content (AvgIpc) is 2.84. The van der Waals surface area contributed by atoms with Gasteiger partial charge in [-0.15, -0.1) is 4.28 Å². The quantitative estimate of drug-likeness (QED) is 0.243. The van der Waals surface area contributed by atoms with Crippen LogP contribution in [0.15, 0.2) is 0 Å². The zero-order valence-electron chi connectivity index (χ0n) is 13.7. The number of piperidine rings is 1. The van der Waals surface area contributed by atoms with Crippen LogP contribution in [0.25, 0.3) is 0 Å².